The van der Waals surface area contributed by atoms with Crippen LogP contribution in [0, 0.1) is 17.2 Å². The van der Waals surface area contributed by atoms with Gasteiger partial charge in [-0.2, -0.15) is 5.26 Å². The average molecular weight is 231 g/mol. The summed E-state index contributed by atoms with van der Waals surface area (Å²) in [4.78, 5) is 8.08. The summed E-state index contributed by atoms with van der Waals surface area (Å²) in [5.41, 5.74) is 0.370. The molecule has 1 aromatic rings. The predicted molar refractivity (Wildman–Crippen MR) is 65.4 cm³/mol. The summed E-state index contributed by atoms with van der Waals surface area (Å²) >= 11 is 0. The Labute approximate surface area is 101 Å². The highest BCUT2D eigenvalue weighted by Crippen LogP contribution is 2.14. The molecule has 0 saturated carbocycles. The van der Waals surface area contributed by atoms with Crippen LogP contribution < -0.4 is 10.6 Å². The maximum absolute atomic E-state index is 8.86. The summed E-state index contributed by atoms with van der Waals surface area (Å²) in [5.74, 6) is 1.33. The maximum atomic E-state index is 8.86. The summed E-state index contributed by atoms with van der Waals surface area (Å²) in [5, 5.41) is 15.4. The number of hydrogen-bond donors (Lipinski definition) is 2. The quantitative estimate of drug-likeness (QED) is 0.813. The predicted octanol–water partition coefficient (Wildman–Crippen LogP) is 1.15. The van der Waals surface area contributed by atoms with Crippen molar-refractivity contribution < 1.29 is 0 Å². The van der Waals surface area contributed by atoms with Crippen molar-refractivity contribution in [2.75, 3.05) is 25.0 Å². The molecule has 2 rings (SSSR count). The highest BCUT2D eigenvalue weighted by molar-refractivity contribution is 5.46. The van der Waals surface area contributed by atoms with Gasteiger partial charge in [-0.25, -0.2) is 9.97 Å². The van der Waals surface area contributed by atoms with E-state index >= 15 is 0 Å². The van der Waals surface area contributed by atoms with Crippen LogP contribution in [-0.2, 0) is 0 Å². The van der Waals surface area contributed by atoms with E-state index in [0.29, 0.717) is 11.5 Å². The van der Waals surface area contributed by atoms with Gasteiger partial charge >= 0.3 is 0 Å². The normalized spacial score (nSPS) is 19.6. The van der Waals surface area contributed by atoms with Crippen LogP contribution >= 0.6 is 0 Å². The Balaban J connectivity index is 1.79. The van der Waals surface area contributed by atoms with E-state index in [0.717, 1.165) is 32.0 Å². The second kappa shape index (κ2) is 6.16. The Kier molecular flexibility index (Phi) is 4.28. The standard InChI is InChI=1S/C12H17N5/c13-8-11-12(17-7-6-15-11)16-5-3-10-2-1-4-14-9-10/h6-7,10,14H,1-5,9H2,(H,16,17). The van der Waals surface area contributed by atoms with Gasteiger partial charge in [0, 0.05) is 18.9 Å². The van der Waals surface area contributed by atoms with Gasteiger partial charge in [-0.1, -0.05) is 0 Å². The molecule has 1 saturated heterocycles. The molecule has 1 aliphatic heterocycles. The lowest BCUT2D eigenvalue weighted by molar-refractivity contribution is 0.364. The van der Waals surface area contributed by atoms with Crippen LogP contribution in [0.3, 0.4) is 0 Å². The first-order valence-corrected chi connectivity index (χ1v) is 6.06. The molecule has 1 aromatic heterocycles. The van der Waals surface area contributed by atoms with Crippen LogP contribution in [0.1, 0.15) is 25.0 Å². The lowest BCUT2D eigenvalue weighted by Crippen LogP contribution is -2.30. The molecule has 1 unspecified atom stereocenters. The fourth-order valence-electron chi connectivity index (χ4n) is 2.11. The summed E-state index contributed by atoms with van der Waals surface area (Å²) in [6.07, 6.45) is 6.80. The van der Waals surface area contributed by atoms with Gasteiger partial charge in [0.2, 0.25) is 0 Å². The molecule has 0 radical (unpaired) electrons. The highest BCUT2D eigenvalue weighted by atomic mass is 15.0. The number of nitrogens with zero attached hydrogens (tertiary/aromatic N) is 3. The monoisotopic (exact) mass is 231 g/mol. The van der Waals surface area contributed by atoms with E-state index < -0.39 is 0 Å². The van der Waals surface area contributed by atoms with Crippen LogP contribution in [0.4, 0.5) is 5.82 Å². The second-order valence-corrected chi connectivity index (χ2v) is 4.29. The Morgan fingerprint density at radius 3 is 3.12 bits per heavy atom. The number of piperidine rings is 1. The molecule has 0 aliphatic carbocycles. The number of nitriles is 1. The number of hydrogen-bond acceptors (Lipinski definition) is 5. The molecule has 17 heavy (non-hydrogen) atoms. The topological polar surface area (TPSA) is 73.6 Å². The van der Waals surface area contributed by atoms with Crippen LogP contribution in [0.15, 0.2) is 12.4 Å². The first-order valence-electron chi connectivity index (χ1n) is 6.06. The smallest absolute Gasteiger partial charge is 0.182 e. The molecule has 2 N–H and O–H groups in total. The number of anilines is 1. The van der Waals surface area contributed by atoms with Crippen molar-refractivity contribution in [3.8, 4) is 6.07 Å². The van der Waals surface area contributed by atoms with Crippen LogP contribution in [-0.4, -0.2) is 29.6 Å². The molecule has 2 heterocycles. The molecule has 0 spiro atoms. The zero-order chi connectivity index (χ0) is 11.9. The third-order valence-corrected chi connectivity index (χ3v) is 3.05. The molecule has 90 valence electrons. The van der Waals surface area contributed by atoms with Crippen molar-refractivity contribution in [3.05, 3.63) is 18.1 Å². The Bertz CT molecular complexity index is 392. The van der Waals surface area contributed by atoms with Crippen molar-refractivity contribution in [2.45, 2.75) is 19.3 Å². The third-order valence-electron chi connectivity index (χ3n) is 3.05. The van der Waals surface area contributed by atoms with Crippen molar-refractivity contribution >= 4 is 5.82 Å². The van der Waals surface area contributed by atoms with E-state index in [1.807, 2.05) is 6.07 Å². The van der Waals surface area contributed by atoms with Crippen LogP contribution in [0.5, 0.6) is 0 Å². The molecular weight excluding hydrogens is 214 g/mol. The van der Waals surface area contributed by atoms with Gasteiger partial charge in [-0.05, 0) is 38.3 Å². The van der Waals surface area contributed by atoms with Gasteiger partial charge in [0.1, 0.15) is 6.07 Å². The van der Waals surface area contributed by atoms with E-state index in [1.54, 1.807) is 6.20 Å². The molecule has 0 bridgehead atoms. The zero-order valence-electron chi connectivity index (χ0n) is 9.82. The van der Waals surface area contributed by atoms with E-state index in [1.165, 1.54) is 19.0 Å². The van der Waals surface area contributed by atoms with Crippen molar-refractivity contribution in [2.24, 2.45) is 5.92 Å². The lowest BCUT2D eigenvalue weighted by Gasteiger charge is -2.22. The van der Waals surface area contributed by atoms with Gasteiger partial charge < -0.3 is 10.6 Å². The summed E-state index contributed by atoms with van der Waals surface area (Å²) in [6.45, 7) is 3.10. The average Bonchev–Trinajstić information content (AvgIpc) is 2.40. The molecular formula is C12H17N5. The van der Waals surface area contributed by atoms with Crippen LogP contribution in [0.25, 0.3) is 0 Å². The second-order valence-electron chi connectivity index (χ2n) is 4.29. The zero-order valence-corrected chi connectivity index (χ0v) is 9.82. The van der Waals surface area contributed by atoms with Gasteiger partial charge in [0.25, 0.3) is 0 Å². The van der Waals surface area contributed by atoms with Crippen LogP contribution in [0.2, 0.25) is 0 Å². The highest BCUT2D eigenvalue weighted by Gasteiger charge is 2.12. The Morgan fingerprint density at radius 2 is 2.35 bits per heavy atom. The number of nitrogens with one attached hydrogen (secondary N) is 2. The minimum Gasteiger partial charge on any atom is -0.368 e. The van der Waals surface area contributed by atoms with Gasteiger partial charge in [-0.15, -0.1) is 0 Å². The maximum Gasteiger partial charge on any atom is 0.182 e. The largest absolute Gasteiger partial charge is 0.368 e. The molecule has 5 heteroatoms. The van der Waals surface area contributed by atoms with E-state index in [2.05, 4.69) is 20.6 Å². The van der Waals surface area contributed by atoms with Gasteiger partial charge in [0.15, 0.2) is 11.5 Å². The first-order chi connectivity index (χ1) is 8.40. The fraction of sp³-hybridized carbons (Fsp3) is 0.583. The minimum absolute atomic E-state index is 0.370. The summed E-state index contributed by atoms with van der Waals surface area (Å²) in [7, 11) is 0. The lowest BCUT2D eigenvalue weighted by atomic mass is 9.96. The number of rotatable bonds is 4. The molecule has 0 aromatic carbocycles. The first kappa shape index (κ1) is 11.8. The molecule has 1 fully saturated rings. The van der Waals surface area contributed by atoms with Crippen molar-refractivity contribution in [3.63, 3.8) is 0 Å². The molecule has 1 aliphatic rings. The molecule has 1 atom stereocenters. The third kappa shape index (κ3) is 3.40. The van der Waals surface area contributed by atoms with Crippen molar-refractivity contribution in [1.29, 1.82) is 5.26 Å². The van der Waals surface area contributed by atoms with E-state index in [4.69, 9.17) is 5.26 Å². The minimum atomic E-state index is 0.370. The fourth-order valence-corrected chi connectivity index (χ4v) is 2.11. The van der Waals surface area contributed by atoms with E-state index in [9.17, 15) is 0 Å². The molecule has 5 nitrogen and oxygen atoms in total. The summed E-state index contributed by atoms with van der Waals surface area (Å²) in [6, 6.07) is 2.04. The Morgan fingerprint density at radius 1 is 1.47 bits per heavy atom. The number of aromatic nitrogens is 2. The Hall–Kier alpha value is -1.67. The van der Waals surface area contributed by atoms with E-state index in [-0.39, 0.29) is 0 Å². The summed E-state index contributed by atoms with van der Waals surface area (Å²) < 4.78 is 0. The van der Waals surface area contributed by atoms with Gasteiger partial charge in [0.05, 0.1) is 0 Å². The van der Waals surface area contributed by atoms with Gasteiger partial charge in [-0.3, -0.25) is 0 Å². The SMILES string of the molecule is N#Cc1nccnc1NCCC1CCCNC1. The molecule has 0 amide bonds. The van der Waals surface area contributed by atoms with Crippen molar-refractivity contribution in [1.82, 2.24) is 15.3 Å².